The van der Waals surface area contributed by atoms with Crippen LogP contribution in [-0.2, 0) is 13.6 Å². The average molecular weight is 437 g/mol. The highest BCUT2D eigenvalue weighted by molar-refractivity contribution is 5.95. The maximum absolute atomic E-state index is 13.5. The maximum Gasteiger partial charge on any atom is 0.258 e. The lowest BCUT2D eigenvalue weighted by molar-refractivity contribution is 0.0420. The molecule has 0 N–H and O–H groups in total. The Morgan fingerprint density at radius 1 is 1.06 bits per heavy atom. The Morgan fingerprint density at radius 3 is 2.50 bits per heavy atom. The van der Waals surface area contributed by atoms with Crippen molar-refractivity contribution in [3.8, 4) is 22.9 Å². The third kappa shape index (κ3) is 3.23. The van der Waals surface area contributed by atoms with Gasteiger partial charge in [0.1, 0.15) is 0 Å². The lowest BCUT2D eigenvalue weighted by Crippen LogP contribution is -2.50. The van der Waals surface area contributed by atoms with Crippen LogP contribution in [0.1, 0.15) is 53.6 Å². The molecule has 1 aromatic carbocycles. The molecule has 1 aliphatic heterocycles. The molecule has 9 nitrogen and oxygen atoms in total. The molecule has 3 aromatic rings. The van der Waals surface area contributed by atoms with Gasteiger partial charge in [-0.2, -0.15) is 5.10 Å². The quantitative estimate of drug-likeness (QED) is 0.624. The Hall–Kier alpha value is -3.36. The molecule has 2 aliphatic rings. The van der Waals surface area contributed by atoms with E-state index in [1.54, 1.807) is 18.9 Å². The Balaban J connectivity index is 1.55. The first-order valence-corrected chi connectivity index (χ1v) is 11.0. The molecule has 1 fully saturated rings. The van der Waals surface area contributed by atoms with Crippen LogP contribution in [0.3, 0.4) is 0 Å². The number of aryl methyl sites for hydroxylation is 2. The Bertz CT molecular complexity index is 1170. The monoisotopic (exact) mass is 436 g/mol. The first-order valence-electron chi connectivity index (χ1n) is 11.0. The number of aromatic nitrogens is 5. The van der Waals surface area contributed by atoms with E-state index >= 15 is 0 Å². The molecule has 1 saturated carbocycles. The van der Waals surface area contributed by atoms with E-state index in [-0.39, 0.29) is 18.0 Å². The predicted molar refractivity (Wildman–Crippen MR) is 118 cm³/mol. The third-order valence-electron chi connectivity index (χ3n) is 6.65. The first kappa shape index (κ1) is 20.5. The van der Waals surface area contributed by atoms with Crippen LogP contribution in [0.4, 0.5) is 0 Å². The Labute approximate surface area is 186 Å². The number of methoxy groups -OCH3 is 2. The molecule has 0 spiro atoms. The largest absolute Gasteiger partial charge is 0.493 e. The summed E-state index contributed by atoms with van der Waals surface area (Å²) in [5.74, 6) is 2.97. The fourth-order valence-corrected chi connectivity index (χ4v) is 5.16. The third-order valence-corrected chi connectivity index (χ3v) is 6.65. The maximum atomic E-state index is 13.5. The average Bonchev–Trinajstić information content (AvgIpc) is 3.40. The number of fused-ring (bicyclic) bond motifs is 3. The van der Waals surface area contributed by atoms with Gasteiger partial charge < -0.3 is 18.9 Å². The van der Waals surface area contributed by atoms with E-state index in [0.29, 0.717) is 23.6 Å². The number of benzene rings is 1. The molecular formula is C23H28N6O3. The van der Waals surface area contributed by atoms with E-state index in [1.165, 1.54) is 0 Å². The summed E-state index contributed by atoms with van der Waals surface area (Å²) >= 11 is 0. The number of carbonyl (C=O) groups excluding carboxylic acids is 1. The summed E-state index contributed by atoms with van der Waals surface area (Å²) in [4.78, 5) is 15.5. The normalized spacial score (nSPS) is 19.9. The number of hydrogen-bond acceptors (Lipinski definition) is 6. The smallest absolute Gasteiger partial charge is 0.258 e. The Morgan fingerprint density at radius 2 is 1.81 bits per heavy atom. The van der Waals surface area contributed by atoms with Gasteiger partial charge in [-0.3, -0.25) is 9.48 Å². The van der Waals surface area contributed by atoms with E-state index in [1.807, 2.05) is 43.3 Å². The van der Waals surface area contributed by atoms with Crippen LogP contribution in [0.15, 0.2) is 24.4 Å². The molecule has 0 radical (unpaired) electrons. The van der Waals surface area contributed by atoms with Crippen molar-refractivity contribution in [3.05, 3.63) is 41.5 Å². The van der Waals surface area contributed by atoms with Crippen LogP contribution in [0.25, 0.3) is 11.4 Å². The molecular weight excluding hydrogens is 408 g/mol. The van der Waals surface area contributed by atoms with Crippen molar-refractivity contribution in [1.82, 2.24) is 29.4 Å². The van der Waals surface area contributed by atoms with Crippen LogP contribution >= 0.6 is 0 Å². The highest BCUT2D eigenvalue weighted by Crippen LogP contribution is 2.41. The van der Waals surface area contributed by atoms with Gasteiger partial charge in [0.25, 0.3) is 5.91 Å². The topological polar surface area (TPSA) is 87.3 Å². The zero-order valence-electron chi connectivity index (χ0n) is 18.9. The minimum absolute atomic E-state index is 0.0226. The van der Waals surface area contributed by atoms with Crippen LogP contribution in [0.5, 0.6) is 11.5 Å². The molecule has 2 aromatic heterocycles. The van der Waals surface area contributed by atoms with E-state index in [9.17, 15) is 4.79 Å². The van der Waals surface area contributed by atoms with E-state index in [4.69, 9.17) is 9.47 Å². The fraction of sp³-hybridized carbons (Fsp3) is 0.478. The highest BCUT2D eigenvalue weighted by atomic mass is 16.5. The van der Waals surface area contributed by atoms with Crippen molar-refractivity contribution in [3.63, 3.8) is 0 Å². The van der Waals surface area contributed by atoms with Crippen molar-refractivity contribution < 1.29 is 14.3 Å². The summed E-state index contributed by atoms with van der Waals surface area (Å²) in [6, 6.07) is 6.06. The summed E-state index contributed by atoms with van der Waals surface area (Å²) in [6.45, 7) is 2.32. The molecule has 9 heteroatoms. The zero-order chi connectivity index (χ0) is 22.4. The van der Waals surface area contributed by atoms with Crippen LogP contribution in [0, 0.1) is 6.92 Å². The van der Waals surface area contributed by atoms with Crippen molar-refractivity contribution in [2.24, 2.45) is 7.05 Å². The van der Waals surface area contributed by atoms with Crippen molar-refractivity contribution in [2.45, 2.75) is 51.2 Å². The molecule has 2 atom stereocenters. The SMILES string of the molecule is COc1ccc(-c2nnc3n2[C@H]2CCCC[C@@H]2N(C(=O)c2cn(C)nc2C)C3)cc1OC. The van der Waals surface area contributed by atoms with Gasteiger partial charge in [0, 0.05) is 18.8 Å². The van der Waals surface area contributed by atoms with Gasteiger partial charge in [-0.25, -0.2) is 0 Å². The summed E-state index contributed by atoms with van der Waals surface area (Å²) in [5.41, 5.74) is 2.33. The van der Waals surface area contributed by atoms with Crippen molar-refractivity contribution in [2.75, 3.05) is 14.2 Å². The Kier molecular flexibility index (Phi) is 5.11. The molecule has 5 rings (SSSR count). The van der Waals surface area contributed by atoms with E-state index < -0.39 is 0 Å². The second-order valence-corrected chi connectivity index (χ2v) is 8.53. The summed E-state index contributed by atoms with van der Waals surface area (Å²) < 4.78 is 14.8. The van der Waals surface area contributed by atoms with Gasteiger partial charge in [0.15, 0.2) is 23.1 Å². The number of nitrogens with zero attached hydrogens (tertiary/aromatic N) is 6. The van der Waals surface area contributed by atoms with Crippen LogP contribution in [-0.4, -0.2) is 55.6 Å². The van der Waals surface area contributed by atoms with E-state index in [0.717, 1.165) is 48.6 Å². The predicted octanol–water partition coefficient (Wildman–Crippen LogP) is 3.14. The van der Waals surface area contributed by atoms with Gasteiger partial charge in [-0.15, -0.1) is 10.2 Å². The molecule has 32 heavy (non-hydrogen) atoms. The lowest BCUT2D eigenvalue weighted by Gasteiger charge is -2.44. The minimum atomic E-state index is 0.0226. The summed E-state index contributed by atoms with van der Waals surface area (Å²) in [7, 11) is 5.09. The van der Waals surface area contributed by atoms with Gasteiger partial charge in [0.2, 0.25) is 0 Å². The number of carbonyl (C=O) groups is 1. The van der Waals surface area contributed by atoms with Crippen LogP contribution < -0.4 is 9.47 Å². The molecule has 0 bridgehead atoms. The molecule has 3 heterocycles. The number of hydrogen-bond donors (Lipinski definition) is 0. The molecule has 0 unspecified atom stereocenters. The standard InChI is InChI=1S/C23H28N6O3/c1-14-16(12-27(2)26-14)23(30)28-13-21-24-25-22(29(21)18-8-6-5-7-17(18)28)15-9-10-19(31-3)20(11-15)32-4/h9-12,17-18H,5-8,13H2,1-4H3/t17-,18-/m0/s1. The zero-order valence-corrected chi connectivity index (χ0v) is 18.9. The minimum Gasteiger partial charge on any atom is -0.493 e. The van der Waals surface area contributed by atoms with Gasteiger partial charge >= 0.3 is 0 Å². The summed E-state index contributed by atoms with van der Waals surface area (Å²) in [6.07, 6.45) is 6.01. The van der Waals surface area contributed by atoms with Gasteiger partial charge in [0.05, 0.1) is 44.1 Å². The lowest BCUT2D eigenvalue weighted by atomic mass is 9.86. The fourth-order valence-electron chi connectivity index (χ4n) is 5.16. The van der Waals surface area contributed by atoms with Gasteiger partial charge in [-0.1, -0.05) is 12.8 Å². The second kappa shape index (κ2) is 7.96. The molecule has 168 valence electrons. The van der Waals surface area contributed by atoms with Crippen molar-refractivity contribution >= 4 is 5.91 Å². The second-order valence-electron chi connectivity index (χ2n) is 8.53. The number of ether oxygens (including phenoxy) is 2. The molecule has 1 amide bonds. The number of amides is 1. The highest BCUT2D eigenvalue weighted by Gasteiger charge is 2.42. The molecule has 0 saturated heterocycles. The van der Waals surface area contributed by atoms with Crippen molar-refractivity contribution in [1.29, 1.82) is 0 Å². The van der Waals surface area contributed by atoms with Crippen LogP contribution in [0.2, 0.25) is 0 Å². The van der Waals surface area contributed by atoms with Gasteiger partial charge in [-0.05, 0) is 38.0 Å². The first-order chi connectivity index (χ1) is 15.5. The van der Waals surface area contributed by atoms with E-state index in [2.05, 4.69) is 19.9 Å². The summed E-state index contributed by atoms with van der Waals surface area (Å²) in [5, 5.41) is 13.4. The molecule has 1 aliphatic carbocycles. The number of rotatable bonds is 4.